The highest BCUT2D eigenvalue weighted by molar-refractivity contribution is 7.14. The Hall–Kier alpha value is -1.47. The Kier molecular flexibility index (Phi) is 3.63. The van der Waals surface area contributed by atoms with Gasteiger partial charge in [0.15, 0.2) is 0 Å². The quantitative estimate of drug-likeness (QED) is 0.624. The first-order chi connectivity index (χ1) is 8.52. The van der Waals surface area contributed by atoms with Crippen molar-refractivity contribution in [1.82, 2.24) is 5.32 Å². The zero-order chi connectivity index (χ0) is 13.3. The van der Waals surface area contributed by atoms with Crippen LogP contribution >= 0.6 is 11.3 Å². The van der Waals surface area contributed by atoms with E-state index >= 15 is 0 Å². The molecule has 0 spiro atoms. The Labute approximate surface area is 108 Å². The van der Waals surface area contributed by atoms with E-state index in [9.17, 15) is 14.9 Å². The summed E-state index contributed by atoms with van der Waals surface area (Å²) < 4.78 is 0. The fourth-order valence-electron chi connectivity index (χ4n) is 1.87. The first kappa shape index (κ1) is 13.0. The molecule has 7 heteroatoms. The van der Waals surface area contributed by atoms with E-state index in [1.54, 1.807) is 6.92 Å². The average Bonchev–Trinajstić information content (AvgIpc) is 3.08. The second kappa shape index (κ2) is 5.03. The van der Waals surface area contributed by atoms with Crippen LogP contribution in [0.15, 0.2) is 6.07 Å². The van der Waals surface area contributed by atoms with E-state index < -0.39 is 4.92 Å². The van der Waals surface area contributed by atoms with E-state index in [1.807, 2.05) is 0 Å². The van der Waals surface area contributed by atoms with Gasteiger partial charge in [0.05, 0.1) is 14.7 Å². The molecule has 0 aromatic carbocycles. The Balaban J connectivity index is 2.08. The van der Waals surface area contributed by atoms with Gasteiger partial charge in [-0.1, -0.05) is 0 Å². The van der Waals surface area contributed by atoms with Crippen molar-refractivity contribution < 1.29 is 9.72 Å². The standard InChI is InChI=1S/C11H15N3O3S/c1-6-9(14(16)17)4-10(18-6)11(15)13-8(5-12)7-2-3-7/h4,7-8H,2-3,5,12H2,1H3,(H,13,15). The van der Waals surface area contributed by atoms with Crippen LogP contribution in [0, 0.1) is 23.0 Å². The summed E-state index contributed by atoms with van der Waals surface area (Å²) in [5, 5.41) is 13.6. The lowest BCUT2D eigenvalue weighted by Crippen LogP contribution is -2.41. The lowest BCUT2D eigenvalue weighted by Gasteiger charge is -2.14. The lowest BCUT2D eigenvalue weighted by atomic mass is 10.2. The summed E-state index contributed by atoms with van der Waals surface area (Å²) in [7, 11) is 0. The van der Waals surface area contributed by atoms with Gasteiger partial charge in [-0.2, -0.15) is 0 Å². The molecular formula is C11H15N3O3S. The van der Waals surface area contributed by atoms with Crippen molar-refractivity contribution in [3.05, 3.63) is 25.9 Å². The molecular weight excluding hydrogens is 254 g/mol. The van der Waals surface area contributed by atoms with Gasteiger partial charge in [-0.25, -0.2) is 0 Å². The molecule has 1 saturated carbocycles. The normalized spacial score (nSPS) is 16.3. The molecule has 18 heavy (non-hydrogen) atoms. The summed E-state index contributed by atoms with van der Waals surface area (Å²) in [5.74, 6) is 0.202. The Morgan fingerprint density at radius 2 is 2.39 bits per heavy atom. The van der Waals surface area contributed by atoms with E-state index in [4.69, 9.17) is 5.73 Å². The van der Waals surface area contributed by atoms with Gasteiger partial charge < -0.3 is 11.1 Å². The topological polar surface area (TPSA) is 98.3 Å². The van der Waals surface area contributed by atoms with E-state index in [2.05, 4.69) is 5.32 Å². The van der Waals surface area contributed by atoms with Gasteiger partial charge >= 0.3 is 0 Å². The largest absolute Gasteiger partial charge is 0.347 e. The first-order valence-corrected chi connectivity index (χ1v) is 6.60. The zero-order valence-corrected chi connectivity index (χ0v) is 10.8. The van der Waals surface area contributed by atoms with Crippen LogP contribution < -0.4 is 11.1 Å². The molecule has 6 nitrogen and oxygen atoms in total. The Morgan fingerprint density at radius 3 is 2.83 bits per heavy atom. The third-order valence-corrected chi connectivity index (χ3v) is 4.11. The van der Waals surface area contributed by atoms with Crippen molar-refractivity contribution in [1.29, 1.82) is 0 Å². The average molecular weight is 269 g/mol. The molecule has 2 rings (SSSR count). The van der Waals surface area contributed by atoms with Gasteiger partial charge in [0, 0.05) is 18.7 Å². The van der Waals surface area contributed by atoms with Crippen LogP contribution in [0.3, 0.4) is 0 Å². The molecule has 1 atom stereocenters. The number of amides is 1. The maximum Gasteiger partial charge on any atom is 0.283 e. The van der Waals surface area contributed by atoms with Crippen LogP contribution in [0.25, 0.3) is 0 Å². The van der Waals surface area contributed by atoms with Crippen LogP contribution in [-0.2, 0) is 0 Å². The second-order valence-electron chi connectivity index (χ2n) is 4.46. The third-order valence-electron chi connectivity index (χ3n) is 3.07. The maximum absolute atomic E-state index is 12.0. The van der Waals surface area contributed by atoms with E-state index in [0.29, 0.717) is 22.2 Å². The molecule has 0 bridgehead atoms. The first-order valence-electron chi connectivity index (χ1n) is 5.78. The highest BCUT2D eigenvalue weighted by atomic mass is 32.1. The fraction of sp³-hybridized carbons (Fsp3) is 0.545. The monoisotopic (exact) mass is 269 g/mol. The van der Waals surface area contributed by atoms with E-state index in [1.165, 1.54) is 6.07 Å². The molecule has 0 radical (unpaired) electrons. The molecule has 1 heterocycles. The number of hydrogen-bond acceptors (Lipinski definition) is 5. The van der Waals surface area contributed by atoms with Gasteiger partial charge in [-0.3, -0.25) is 14.9 Å². The number of nitrogens with two attached hydrogens (primary N) is 1. The molecule has 1 fully saturated rings. The SMILES string of the molecule is Cc1sc(C(=O)NC(CN)C2CC2)cc1[N+](=O)[O-]. The van der Waals surface area contributed by atoms with Gasteiger partial charge in [0.1, 0.15) is 0 Å². The van der Waals surface area contributed by atoms with Gasteiger partial charge in [-0.05, 0) is 25.7 Å². The second-order valence-corrected chi connectivity index (χ2v) is 5.72. The summed E-state index contributed by atoms with van der Waals surface area (Å²) in [6, 6.07) is 1.31. The summed E-state index contributed by atoms with van der Waals surface area (Å²) >= 11 is 1.14. The lowest BCUT2D eigenvalue weighted by molar-refractivity contribution is -0.385. The minimum atomic E-state index is -0.468. The number of nitro groups is 1. The van der Waals surface area contributed by atoms with Crippen molar-refractivity contribution in [2.24, 2.45) is 11.7 Å². The van der Waals surface area contributed by atoms with Gasteiger partial charge in [-0.15, -0.1) is 11.3 Å². The molecule has 0 saturated heterocycles. The van der Waals surface area contributed by atoms with Gasteiger partial charge in [0.25, 0.3) is 11.6 Å². The summed E-state index contributed by atoms with van der Waals surface area (Å²) in [6.45, 7) is 2.05. The van der Waals surface area contributed by atoms with Crippen molar-refractivity contribution >= 4 is 22.9 Å². The molecule has 98 valence electrons. The third kappa shape index (κ3) is 2.68. The van der Waals surface area contributed by atoms with Crippen LogP contribution in [0.1, 0.15) is 27.4 Å². The van der Waals surface area contributed by atoms with Crippen LogP contribution in [0.5, 0.6) is 0 Å². The van der Waals surface area contributed by atoms with Gasteiger partial charge in [0.2, 0.25) is 0 Å². The molecule has 1 aliphatic rings. The van der Waals surface area contributed by atoms with Crippen LogP contribution in [-0.4, -0.2) is 23.4 Å². The number of aryl methyl sites for hydroxylation is 1. The number of nitrogens with zero attached hydrogens (tertiary/aromatic N) is 1. The molecule has 1 aromatic rings. The van der Waals surface area contributed by atoms with Crippen molar-refractivity contribution in [3.63, 3.8) is 0 Å². The van der Waals surface area contributed by atoms with Crippen molar-refractivity contribution in [2.45, 2.75) is 25.8 Å². The predicted octanol–water partition coefficient (Wildman–Crippen LogP) is 1.43. The number of carbonyl (C=O) groups excluding carboxylic acids is 1. The van der Waals surface area contributed by atoms with E-state index in [-0.39, 0.29) is 17.6 Å². The zero-order valence-electron chi connectivity index (χ0n) is 10.0. The maximum atomic E-state index is 12.0. The molecule has 1 aromatic heterocycles. The number of hydrogen-bond donors (Lipinski definition) is 2. The van der Waals surface area contributed by atoms with E-state index in [0.717, 1.165) is 24.2 Å². The molecule has 3 N–H and O–H groups in total. The molecule has 1 amide bonds. The molecule has 0 aliphatic heterocycles. The summed E-state index contributed by atoms with van der Waals surface area (Å²) in [5.41, 5.74) is 5.60. The summed E-state index contributed by atoms with van der Waals surface area (Å²) in [6.07, 6.45) is 2.18. The number of rotatable bonds is 5. The minimum absolute atomic E-state index is 0.000806. The van der Waals surface area contributed by atoms with Crippen LogP contribution in [0.4, 0.5) is 5.69 Å². The van der Waals surface area contributed by atoms with Crippen molar-refractivity contribution in [3.8, 4) is 0 Å². The number of carbonyl (C=O) groups is 1. The van der Waals surface area contributed by atoms with Crippen molar-refractivity contribution in [2.75, 3.05) is 6.54 Å². The highest BCUT2D eigenvalue weighted by Gasteiger charge is 2.32. The minimum Gasteiger partial charge on any atom is -0.347 e. The fourth-order valence-corrected chi connectivity index (χ4v) is 2.76. The Morgan fingerprint density at radius 1 is 1.72 bits per heavy atom. The highest BCUT2D eigenvalue weighted by Crippen LogP contribution is 2.33. The smallest absolute Gasteiger partial charge is 0.283 e. The molecule has 1 unspecified atom stereocenters. The Bertz CT molecular complexity index is 482. The summed E-state index contributed by atoms with van der Waals surface area (Å²) in [4.78, 5) is 23.1. The van der Waals surface area contributed by atoms with Crippen LogP contribution in [0.2, 0.25) is 0 Å². The number of nitrogens with one attached hydrogen (secondary N) is 1. The molecule has 1 aliphatic carbocycles. The predicted molar refractivity (Wildman–Crippen MR) is 68.7 cm³/mol. The number of thiophene rings is 1.